The molecule has 2 aromatic rings. The van der Waals surface area contributed by atoms with E-state index >= 15 is 0 Å². The number of benzene rings is 1. The van der Waals surface area contributed by atoms with E-state index in [1.165, 1.54) is 5.56 Å². The molecule has 1 aromatic heterocycles. The molecule has 6 nitrogen and oxygen atoms in total. The zero-order valence-electron chi connectivity index (χ0n) is 17.9. The van der Waals surface area contributed by atoms with Gasteiger partial charge >= 0.3 is 0 Å². The van der Waals surface area contributed by atoms with Crippen molar-refractivity contribution in [2.75, 3.05) is 18.0 Å². The monoisotopic (exact) mass is 406 g/mol. The Morgan fingerprint density at radius 3 is 2.73 bits per heavy atom. The van der Waals surface area contributed by atoms with Gasteiger partial charge in [-0.3, -0.25) is 14.5 Å². The van der Waals surface area contributed by atoms with Crippen molar-refractivity contribution in [1.82, 2.24) is 14.9 Å². The van der Waals surface area contributed by atoms with Crippen molar-refractivity contribution in [2.45, 2.75) is 64.8 Å². The van der Waals surface area contributed by atoms with Gasteiger partial charge in [-0.2, -0.15) is 0 Å². The second-order valence-corrected chi connectivity index (χ2v) is 8.23. The quantitative estimate of drug-likeness (QED) is 0.732. The maximum absolute atomic E-state index is 12.7. The molecule has 30 heavy (non-hydrogen) atoms. The summed E-state index contributed by atoms with van der Waals surface area (Å²) in [5.74, 6) is 1.69. The lowest BCUT2D eigenvalue weighted by molar-refractivity contribution is -0.135. The van der Waals surface area contributed by atoms with Gasteiger partial charge in [0.2, 0.25) is 11.8 Å². The van der Waals surface area contributed by atoms with Crippen LogP contribution in [0.2, 0.25) is 0 Å². The molecule has 1 aromatic carbocycles. The third kappa shape index (κ3) is 4.09. The Labute approximate surface area is 178 Å². The summed E-state index contributed by atoms with van der Waals surface area (Å²) in [5.41, 5.74) is 3.08. The van der Waals surface area contributed by atoms with Crippen molar-refractivity contribution in [3.8, 4) is 0 Å². The van der Waals surface area contributed by atoms with E-state index in [-0.39, 0.29) is 17.9 Å². The number of piperidine rings is 1. The van der Waals surface area contributed by atoms with Gasteiger partial charge in [0.25, 0.3) is 0 Å². The van der Waals surface area contributed by atoms with Crippen LogP contribution < -0.4 is 4.90 Å². The van der Waals surface area contributed by atoms with Gasteiger partial charge in [0.1, 0.15) is 5.82 Å². The minimum atomic E-state index is -0.0860. The molecular formula is C24H30N4O2. The molecule has 2 aliphatic heterocycles. The number of hydrogen-bond donors (Lipinski definition) is 0. The summed E-state index contributed by atoms with van der Waals surface area (Å²) in [5, 5.41) is 0. The second kappa shape index (κ2) is 8.94. The molecule has 4 rings (SSSR count). The van der Waals surface area contributed by atoms with Crippen LogP contribution in [0, 0.1) is 6.92 Å². The van der Waals surface area contributed by atoms with E-state index in [0.717, 1.165) is 55.7 Å². The Bertz CT molecular complexity index is 928. The topological polar surface area (TPSA) is 66.4 Å². The first-order valence-corrected chi connectivity index (χ1v) is 11.1. The van der Waals surface area contributed by atoms with Crippen LogP contribution in [0.1, 0.15) is 67.7 Å². The van der Waals surface area contributed by atoms with Gasteiger partial charge in [0, 0.05) is 30.8 Å². The van der Waals surface area contributed by atoms with Crippen LogP contribution >= 0.6 is 0 Å². The van der Waals surface area contributed by atoms with E-state index in [4.69, 9.17) is 9.97 Å². The Morgan fingerprint density at radius 1 is 1.17 bits per heavy atom. The van der Waals surface area contributed by atoms with Crippen LogP contribution in [0.3, 0.4) is 0 Å². The lowest BCUT2D eigenvalue weighted by Gasteiger charge is -2.35. The van der Waals surface area contributed by atoms with Gasteiger partial charge in [-0.05, 0) is 44.6 Å². The fourth-order valence-corrected chi connectivity index (χ4v) is 4.56. The first kappa shape index (κ1) is 20.5. The van der Waals surface area contributed by atoms with E-state index in [1.807, 2.05) is 41.8 Å². The van der Waals surface area contributed by atoms with E-state index < -0.39 is 0 Å². The Balaban J connectivity index is 1.56. The molecule has 2 aliphatic rings. The van der Waals surface area contributed by atoms with Gasteiger partial charge in [-0.15, -0.1) is 0 Å². The summed E-state index contributed by atoms with van der Waals surface area (Å²) in [4.78, 5) is 38.6. The molecule has 2 amide bonds. The number of aromatic nitrogens is 2. The van der Waals surface area contributed by atoms with E-state index in [0.29, 0.717) is 25.2 Å². The van der Waals surface area contributed by atoms with Crippen LogP contribution in [-0.2, 0) is 22.4 Å². The van der Waals surface area contributed by atoms with Crippen LogP contribution in [-0.4, -0.2) is 39.8 Å². The van der Waals surface area contributed by atoms with Gasteiger partial charge < -0.3 is 4.90 Å². The molecule has 0 spiro atoms. The highest BCUT2D eigenvalue weighted by Crippen LogP contribution is 2.34. The zero-order valence-corrected chi connectivity index (χ0v) is 17.9. The number of fused-ring (bicyclic) bond motifs is 1. The molecule has 1 atom stereocenters. The maximum Gasteiger partial charge on any atom is 0.232 e. The van der Waals surface area contributed by atoms with Crippen molar-refractivity contribution >= 4 is 17.6 Å². The van der Waals surface area contributed by atoms with Crippen molar-refractivity contribution in [2.24, 2.45) is 0 Å². The Hall–Kier alpha value is -2.76. The smallest absolute Gasteiger partial charge is 0.232 e. The summed E-state index contributed by atoms with van der Waals surface area (Å²) in [7, 11) is 0. The predicted octanol–water partition coefficient (Wildman–Crippen LogP) is 3.77. The van der Waals surface area contributed by atoms with Crippen molar-refractivity contribution in [3.05, 3.63) is 53.0 Å². The summed E-state index contributed by atoms with van der Waals surface area (Å²) in [6.45, 7) is 5.27. The minimum absolute atomic E-state index is 0.0860. The zero-order chi connectivity index (χ0) is 21.1. The van der Waals surface area contributed by atoms with Crippen molar-refractivity contribution < 1.29 is 9.59 Å². The van der Waals surface area contributed by atoms with Crippen LogP contribution in [0.25, 0.3) is 0 Å². The summed E-state index contributed by atoms with van der Waals surface area (Å²) in [6, 6.07) is 10.3. The number of nitrogens with zero attached hydrogens (tertiary/aromatic N) is 4. The van der Waals surface area contributed by atoms with Gasteiger partial charge in [-0.1, -0.05) is 37.3 Å². The molecule has 0 radical (unpaired) electrons. The molecule has 0 N–H and O–H groups in total. The van der Waals surface area contributed by atoms with Gasteiger partial charge in [0.05, 0.1) is 12.5 Å². The normalized spacial score (nSPS) is 18.6. The molecule has 3 heterocycles. The first-order valence-electron chi connectivity index (χ1n) is 11.1. The van der Waals surface area contributed by atoms with Crippen molar-refractivity contribution in [1.29, 1.82) is 0 Å². The Kier molecular flexibility index (Phi) is 6.11. The van der Waals surface area contributed by atoms with Gasteiger partial charge in [-0.25, -0.2) is 9.97 Å². The average molecular weight is 407 g/mol. The minimum Gasteiger partial charge on any atom is -0.332 e. The fraction of sp³-hybridized carbons (Fsp3) is 0.500. The molecule has 6 heteroatoms. The number of carbonyl (C=O) groups is 2. The number of rotatable bonds is 6. The van der Waals surface area contributed by atoms with Crippen LogP contribution in [0.4, 0.5) is 5.82 Å². The number of carbonyl (C=O) groups excluding carboxylic acids is 2. The maximum atomic E-state index is 12.7. The summed E-state index contributed by atoms with van der Waals surface area (Å²) in [6.07, 6.45) is 5.65. The predicted molar refractivity (Wildman–Crippen MR) is 116 cm³/mol. The standard InChI is InChI=1S/C24H30N4O2/c1-3-21(29)27-14-8-7-13-20(27)23-25-17(2)19-16-22(30)28(24(19)26-23)15-9-12-18-10-5-4-6-11-18/h4-6,10-11,20H,3,7-9,12-16H2,1-2H3. The molecule has 1 unspecified atom stereocenters. The molecule has 0 bridgehead atoms. The number of anilines is 1. The number of likely N-dealkylation sites (tertiary alicyclic amines) is 1. The molecule has 0 saturated carbocycles. The highest BCUT2D eigenvalue weighted by molar-refractivity contribution is 6.00. The van der Waals surface area contributed by atoms with E-state index in [9.17, 15) is 9.59 Å². The lowest BCUT2D eigenvalue weighted by atomic mass is 10.0. The van der Waals surface area contributed by atoms with Crippen molar-refractivity contribution in [3.63, 3.8) is 0 Å². The SMILES string of the molecule is CCC(=O)N1CCCCC1c1nc(C)c2c(n1)N(CCCc1ccccc1)C(=O)C2. The first-order chi connectivity index (χ1) is 14.6. The highest BCUT2D eigenvalue weighted by Gasteiger charge is 2.34. The van der Waals surface area contributed by atoms with E-state index in [1.54, 1.807) is 0 Å². The summed E-state index contributed by atoms with van der Waals surface area (Å²) >= 11 is 0. The van der Waals surface area contributed by atoms with E-state index in [2.05, 4.69) is 12.1 Å². The lowest BCUT2D eigenvalue weighted by Crippen LogP contribution is -2.39. The number of hydrogen-bond acceptors (Lipinski definition) is 4. The third-order valence-electron chi connectivity index (χ3n) is 6.21. The largest absolute Gasteiger partial charge is 0.332 e. The second-order valence-electron chi connectivity index (χ2n) is 8.23. The number of aryl methyl sites for hydroxylation is 2. The highest BCUT2D eigenvalue weighted by atomic mass is 16.2. The third-order valence-corrected chi connectivity index (χ3v) is 6.21. The fourth-order valence-electron chi connectivity index (χ4n) is 4.56. The Morgan fingerprint density at radius 2 is 1.97 bits per heavy atom. The molecular weight excluding hydrogens is 376 g/mol. The molecule has 1 fully saturated rings. The van der Waals surface area contributed by atoms with Crippen LogP contribution in [0.15, 0.2) is 30.3 Å². The van der Waals surface area contributed by atoms with Gasteiger partial charge in [0.15, 0.2) is 5.82 Å². The van der Waals surface area contributed by atoms with Crippen LogP contribution in [0.5, 0.6) is 0 Å². The molecule has 0 aliphatic carbocycles. The average Bonchev–Trinajstić information content (AvgIpc) is 3.10. The molecule has 1 saturated heterocycles. The summed E-state index contributed by atoms with van der Waals surface area (Å²) < 4.78 is 0. The molecule has 158 valence electrons. The number of amides is 2.